The minimum absolute atomic E-state index is 0.0659. The van der Waals surface area contributed by atoms with Crippen molar-refractivity contribution in [1.29, 1.82) is 0 Å². The molecule has 0 spiro atoms. The molecule has 1 N–H and O–H groups in total. The first-order chi connectivity index (χ1) is 12.9. The maximum atomic E-state index is 12.3. The fourth-order valence-corrected chi connectivity index (χ4v) is 4.50. The average Bonchev–Trinajstić information content (AvgIpc) is 3.11. The largest absolute Gasteiger partial charge is 0.302 e. The minimum atomic E-state index is -3.38. The van der Waals surface area contributed by atoms with Crippen molar-refractivity contribution in [3.05, 3.63) is 59.7 Å². The highest BCUT2D eigenvalue weighted by molar-refractivity contribution is 7.91. The lowest BCUT2D eigenvalue weighted by Gasteiger charge is -2.05. The molecule has 3 aromatic rings. The van der Waals surface area contributed by atoms with E-state index in [-0.39, 0.29) is 29.4 Å². The Morgan fingerprint density at radius 3 is 2.52 bits per heavy atom. The number of carbonyl (C=O) groups is 1. The lowest BCUT2D eigenvalue weighted by molar-refractivity contribution is -0.116. The number of aryl methyl sites for hydroxylation is 1. The maximum Gasteiger partial charge on any atom is 0.226 e. The van der Waals surface area contributed by atoms with E-state index in [0.717, 1.165) is 16.8 Å². The van der Waals surface area contributed by atoms with Crippen molar-refractivity contribution in [2.75, 3.05) is 11.1 Å². The van der Waals surface area contributed by atoms with Gasteiger partial charge in [0.05, 0.1) is 16.3 Å². The fraction of sp³-hybridized carbons (Fsp3) is 0.211. The van der Waals surface area contributed by atoms with E-state index in [1.165, 1.54) is 11.3 Å². The number of aromatic nitrogens is 2. The van der Waals surface area contributed by atoms with Gasteiger partial charge in [-0.3, -0.25) is 9.78 Å². The second-order valence-electron chi connectivity index (χ2n) is 6.06. The molecule has 1 aromatic carbocycles. The third-order valence-electron chi connectivity index (χ3n) is 3.92. The van der Waals surface area contributed by atoms with Crippen LogP contribution in [0.15, 0.2) is 59.1 Å². The molecule has 0 aliphatic heterocycles. The summed E-state index contributed by atoms with van der Waals surface area (Å²) in [7, 11) is -3.38. The van der Waals surface area contributed by atoms with E-state index >= 15 is 0 Å². The number of carbonyl (C=O) groups excluding carboxylic acids is 1. The summed E-state index contributed by atoms with van der Waals surface area (Å²) < 4.78 is 24.6. The molecule has 1 amide bonds. The molecule has 0 atom stereocenters. The van der Waals surface area contributed by atoms with Gasteiger partial charge in [0.1, 0.15) is 0 Å². The molecule has 27 heavy (non-hydrogen) atoms. The van der Waals surface area contributed by atoms with Crippen LogP contribution in [0.1, 0.15) is 18.4 Å². The van der Waals surface area contributed by atoms with Crippen LogP contribution in [0.2, 0.25) is 0 Å². The molecule has 0 unspecified atom stereocenters. The molecular formula is C19H19N3O3S2. The third-order valence-corrected chi connectivity index (χ3v) is 6.50. The van der Waals surface area contributed by atoms with E-state index in [2.05, 4.69) is 15.3 Å². The highest BCUT2D eigenvalue weighted by atomic mass is 32.2. The zero-order chi connectivity index (χ0) is 19.3. The van der Waals surface area contributed by atoms with Gasteiger partial charge in [-0.15, -0.1) is 11.3 Å². The van der Waals surface area contributed by atoms with E-state index in [9.17, 15) is 13.2 Å². The van der Waals surface area contributed by atoms with Gasteiger partial charge in [0.2, 0.25) is 5.91 Å². The van der Waals surface area contributed by atoms with Crippen molar-refractivity contribution in [2.45, 2.75) is 24.7 Å². The van der Waals surface area contributed by atoms with Crippen molar-refractivity contribution >= 4 is 32.2 Å². The van der Waals surface area contributed by atoms with Crippen molar-refractivity contribution in [1.82, 2.24) is 9.97 Å². The molecule has 0 bridgehead atoms. The SMILES string of the molecule is Cc1ccc(S(=O)(=O)CCCC(=O)Nc2nc(-c3ccncc3)cs2)cc1. The van der Waals surface area contributed by atoms with Gasteiger partial charge in [0.15, 0.2) is 15.0 Å². The molecule has 3 rings (SSSR count). The Balaban J connectivity index is 1.51. The van der Waals surface area contributed by atoms with E-state index < -0.39 is 9.84 Å². The number of hydrogen-bond donors (Lipinski definition) is 1. The Hall–Kier alpha value is -2.58. The first kappa shape index (κ1) is 19.2. The van der Waals surface area contributed by atoms with E-state index in [0.29, 0.717) is 5.13 Å². The second-order valence-corrected chi connectivity index (χ2v) is 9.02. The van der Waals surface area contributed by atoms with Gasteiger partial charge in [-0.25, -0.2) is 13.4 Å². The molecule has 0 saturated heterocycles. The Bertz CT molecular complexity index is 1010. The predicted octanol–water partition coefficient (Wildman–Crippen LogP) is 3.71. The summed E-state index contributed by atoms with van der Waals surface area (Å²) in [5.41, 5.74) is 2.69. The highest BCUT2D eigenvalue weighted by Crippen LogP contribution is 2.24. The van der Waals surface area contributed by atoms with E-state index in [4.69, 9.17) is 0 Å². The summed E-state index contributed by atoms with van der Waals surface area (Å²) >= 11 is 1.33. The summed E-state index contributed by atoms with van der Waals surface area (Å²) in [6, 6.07) is 10.4. The molecule has 2 aromatic heterocycles. The lowest BCUT2D eigenvalue weighted by Crippen LogP contribution is -2.14. The van der Waals surface area contributed by atoms with Crippen LogP contribution in [0.5, 0.6) is 0 Å². The van der Waals surface area contributed by atoms with Gasteiger partial charge in [0, 0.05) is 29.8 Å². The molecule has 2 heterocycles. The van der Waals surface area contributed by atoms with Gasteiger partial charge in [-0.2, -0.15) is 0 Å². The van der Waals surface area contributed by atoms with Gasteiger partial charge in [-0.05, 0) is 37.6 Å². The maximum absolute atomic E-state index is 12.3. The normalized spacial score (nSPS) is 11.3. The number of hydrogen-bond acceptors (Lipinski definition) is 6. The average molecular weight is 402 g/mol. The zero-order valence-corrected chi connectivity index (χ0v) is 16.4. The second kappa shape index (κ2) is 8.41. The predicted molar refractivity (Wildman–Crippen MR) is 106 cm³/mol. The lowest BCUT2D eigenvalue weighted by atomic mass is 10.2. The van der Waals surface area contributed by atoms with Crippen LogP contribution in [0.3, 0.4) is 0 Å². The fourth-order valence-electron chi connectivity index (χ4n) is 2.45. The standard InChI is InChI=1S/C19H19N3O3S2/c1-14-4-6-16(7-5-14)27(24,25)12-2-3-18(23)22-19-21-17(13-26-19)15-8-10-20-11-9-15/h4-11,13H,2-3,12H2,1H3,(H,21,22,23). The number of nitrogens with one attached hydrogen (secondary N) is 1. The summed E-state index contributed by atoms with van der Waals surface area (Å²) in [6.07, 6.45) is 3.74. The molecule has 0 radical (unpaired) electrons. The Kier molecular flexibility index (Phi) is 5.98. The van der Waals surface area contributed by atoms with Gasteiger partial charge in [0.25, 0.3) is 0 Å². The summed E-state index contributed by atoms with van der Waals surface area (Å²) in [4.78, 5) is 20.7. The monoisotopic (exact) mass is 401 g/mol. The minimum Gasteiger partial charge on any atom is -0.302 e. The van der Waals surface area contributed by atoms with Crippen LogP contribution in [0, 0.1) is 6.92 Å². The third kappa shape index (κ3) is 5.21. The summed E-state index contributed by atoms with van der Waals surface area (Å²) in [6.45, 7) is 1.90. The molecule has 0 aliphatic carbocycles. The Morgan fingerprint density at radius 1 is 1.11 bits per heavy atom. The Morgan fingerprint density at radius 2 is 1.81 bits per heavy atom. The van der Waals surface area contributed by atoms with Crippen LogP contribution in [0.4, 0.5) is 5.13 Å². The first-order valence-electron chi connectivity index (χ1n) is 8.39. The number of amides is 1. The molecule has 0 aliphatic rings. The van der Waals surface area contributed by atoms with Crippen LogP contribution in [-0.2, 0) is 14.6 Å². The van der Waals surface area contributed by atoms with Gasteiger partial charge >= 0.3 is 0 Å². The molecule has 8 heteroatoms. The molecule has 0 fully saturated rings. The van der Waals surface area contributed by atoms with Crippen LogP contribution >= 0.6 is 11.3 Å². The molecule has 6 nitrogen and oxygen atoms in total. The summed E-state index contributed by atoms with van der Waals surface area (Å²) in [5.74, 6) is -0.311. The van der Waals surface area contributed by atoms with Crippen molar-refractivity contribution < 1.29 is 13.2 Å². The van der Waals surface area contributed by atoms with E-state index in [1.807, 2.05) is 24.4 Å². The molecule has 140 valence electrons. The summed E-state index contributed by atoms with van der Waals surface area (Å²) in [5, 5.41) is 5.07. The number of sulfone groups is 1. The van der Waals surface area contributed by atoms with Crippen LogP contribution < -0.4 is 5.32 Å². The number of rotatable bonds is 7. The Labute approximate surface area is 162 Å². The van der Waals surface area contributed by atoms with Crippen LogP contribution in [0.25, 0.3) is 11.3 Å². The number of anilines is 1. The molecule has 0 saturated carbocycles. The topological polar surface area (TPSA) is 89.0 Å². The van der Waals surface area contributed by atoms with Gasteiger partial charge in [-0.1, -0.05) is 17.7 Å². The van der Waals surface area contributed by atoms with Crippen molar-refractivity contribution in [3.63, 3.8) is 0 Å². The van der Waals surface area contributed by atoms with E-state index in [1.54, 1.807) is 36.7 Å². The smallest absolute Gasteiger partial charge is 0.226 e. The number of pyridine rings is 1. The zero-order valence-electron chi connectivity index (χ0n) is 14.8. The number of benzene rings is 1. The number of thiazole rings is 1. The highest BCUT2D eigenvalue weighted by Gasteiger charge is 2.15. The number of nitrogens with zero attached hydrogens (tertiary/aromatic N) is 2. The van der Waals surface area contributed by atoms with Gasteiger partial charge < -0.3 is 5.32 Å². The first-order valence-corrected chi connectivity index (χ1v) is 10.9. The van der Waals surface area contributed by atoms with Crippen LogP contribution in [-0.4, -0.2) is 30.0 Å². The van der Waals surface area contributed by atoms with Crippen molar-refractivity contribution in [2.24, 2.45) is 0 Å². The quantitative estimate of drug-likeness (QED) is 0.652. The van der Waals surface area contributed by atoms with Crippen molar-refractivity contribution in [3.8, 4) is 11.3 Å². The molecular weight excluding hydrogens is 382 g/mol.